The van der Waals surface area contributed by atoms with Gasteiger partial charge in [0, 0.05) is 11.6 Å². The first kappa shape index (κ1) is 9.55. The maximum atomic E-state index is 12.1. The Morgan fingerprint density at radius 2 is 1.83 bits per heavy atom. The van der Waals surface area contributed by atoms with Crippen LogP contribution in [0.15, 0.2) is 12.1 Å². The summed E-state index contributed by atoms with van der Waals surface area (Å²) in [7, 11) is 0. The Hall–Kier alpha value is -0.540. The van der Waals surface area contributed by atoms with Crippen LogP contribution in [0.25, 0.3) is 0 Å². The minimum atomic E-state index is -2.73. The number of phenols is 1. The molecule has 0 fully saturated rings. The summed E-state index contributed by atoms with van der Waals surface area (Å²) in [5, 5.41) is 8.60. The standard InChI is InChI=1S/C7H4Cl2F2O/c8-5-2-3(12)1-4(6(5)9)7(10)11/h1-2,7,12H. The highest BCUT2D eigenvalue weighted by Crippen LogP contribution is 2.35. The van der Waals surface area contributed by atoms with Gasteiger partial charge < -0.3 is 5.11 Å². The van der Waals surface area contributed by atoms with Crippen LogP contribution >= 0.6 is 23.2 Å². The Kier molecular flexibility index (Phi) is 2.75. The average Bonchev–Trinajstić information content (AvgIpc) is 1.96. The van der Waals surface area contributed by atoms with Crippen molar-refractivity contribution >= 4 is 23.2 Å². The van der Waals surface area contributed by atoms with Crippen LogP contribution in [-0.2, 0) is 0 Å². The van der Waals surface area contributed by atoms with E-state index in [0.29, 0.717) is 0 Å². The van der Waals surface area contributed by atoms with Crippen LogP contribution in [-0.4, -0.2) is 5.11 Å². The van der Waals surface area contributed by atoms with Crippen LogP contribution < -0.4 is 0 Å². The van der Waals surface area contributed by atoms with E-state index in [1.54, 1.807) is 0 Å². The summed E-state index contributed by atoms with van der Waals surface area (Å²) in [6.45, 7) is 0. The maximum Gasteiger partial charge on any atom is 0.265 e. The van der Waals surface area contributed by atoms with Crippen molar-refractivity contribution in [3.05, 3.63) is 27.7 Å². The van der Waals surface area contributed by atoms with Crippen molar-refractivity contribution in [2.75, 3.05) is 0 Å². The normalized spacial score (nSPS) is 10.8. The molecular formula is C7H4Cl2F2O. The molecule has 1 rings (SSSR count). The van der Waals surface area contributed by atoms with Crippen LogP contribution in [0.1, 0.15) is 12.0 Å². The van der Waals surface area contributed by atoms with Gasteiger partial charge in [-0.15, -0.1) is 0 Å². The number of hydrogen-bond donors (Lipinski definition) is 1. The molecule has 0 bridgehead atoms. The highest BCUT2D eigenvalue weighted by atomic mass is 35.5. The first-order chi connectivity index (χ1) is 5.52. The highest BCUT2D eigenvalue weighted by molar-refractivity contribution is 6.42. The second-order valence-electron chi connectivity index (χ2n) is 2.13. The molecule has 66 valence electrons. The van der Waals surface area contributed by atoms with Gasteiger partial charge in [0.1, 0.15) is 5.75 Å². The van der Waals surface area contributed by atoms with Crippen molar-refractivity contribution < 1.29 is 13.9 Å². The molecule has 5 heteroatoms. The second-order valence-corrected chi connectivity index (χ2v) is 2.92. The molecule has 1 nitrogen and oxygen atoms in total. The Morgan fingerprint density at radius 3 is 2.33 bits per heavy atom. The van der Waals surface area contributed by atoms with Crippen molar-refractivity contribution in [2.24, 2.45) is 0 Å². The van der Waals surface area contributed by atoms with E-state index in [9.17, 15) is 8.78 Å². The fourth-order valence-electron chi connectivity index (χ4n) is 0.754. The summed E-state index contributed by atoms with van der Waals surface area (Å²) in [5.74, 6) is -0.320. The molecule has 1 N–H and O–H groups in total. The molecule has 0 saturated heterocycles. The van der Waals surface area contributed by atoms with Gasteiger partial charge in [-0.1, -0.05) is 23.2 Å². The van der Waals surface area contributed by atoms with E-state index >= 15 is 0 Å². The summed E-state index contributed by atoms with van der Waals surface area (Å²) in [6.07, 6.45) is -2.73. The van der Waals surface area contributed by atoms with Crippen LogP contribution in [0.3, 0.4) is 0 Å². The van der Waals surface area contributed by atoms with Crippen molar-refractivity contribution in [2.45, 2.75) is 6.43 Å². The van der Waals surface area contributed by atoms with E-state index in [1.165, 1.54) is 0 Å². The number of hydrogen-bond acceptors (Lipinski definition) is 1. The molecule has 0 aromatic heterocycles. The van der Waals surface area contributed by atoms with Crippen LogP contribution in [0.2, 0.25) is 10.0 Å². The summed E-state index contributed by atoms with van der Waals surface area (Å²) < 4.78 is 24.3. The van der Waals surface area contributed by atoms with Crippen molar-refractivity contribution in [1.82, 2.24) is 0 Å². The number of benzene rings is 1. The van der Waals surface area contributed by atoms with E-state index in [4.69, 9.17) is 28.3 Å². The predicted octanol–water partition coefficient (Wildman–Crippen LogP) is 3.64. The molecule has 0 aliphatic carbocycles. The fraction of sp³-hybridized carbons (Fsp3) is 0.143. The van der Waals surface area contributed by atoms with Crippen LogP contribution in [0, 0.1) is 0 Å². The Balaban J connectivity index is 3.28. The third kappa shape index (κ3) is 1.79. The number of halogens is 4. The van der Waals surface area contributed by atoms with E-state index in [1.807, 2.05) is 0 Å². The molecule has 12 heavy (non-hydrogen) atoms. The van der Waals surface area contributed by atoms with E-state index < -0.39 is 12.0 Å². The van der Waals surface area contributed by atoms with Gasteiger partial charge in [0.05, 0.1) is 10.0 Å². The van der Waals surface area contributed by atoms with Gasteiger partial charge >= 0.3 is 0 Å². The number of aromatic hydroxyl groups is 1. The lowest BCUT2D eigenvalue weighted by Gasteiger charge is -2.04. The molecule has 0 atom stereocenters. The lowest BCUT2D eigenvalue weighted by molar-refractivity contribution is 0.151. The van der Waals surface area contributed by atoms with Gasteiger partial charge in [0.15, 0.2) is 0 Å². The third-order valence-electron chi connectivity index (χ3n) is 1.28. The number of phenolic OH excluding ortho intramolecular Hbond substituents is 1. The number of alkyl halides is 2. The highest BCUT2D eigenvalue weighted by Gasteiger charge is 2.15. The zero-order chi connectivity index (χ0) is 9.30. The Morgan fingerprint density at radius 1 is 1.25 bits per heavy atom. The molecule has 0 aliphatic heterocycles. The maximum absolute atomic E-state index is 12.1. The average molecular weight is 213 g/mol. The molecule has 0 radical (unpaired) electrons. The van der Waals surface area contributed by atoms with Gasteiger partial charge in [-0.3, -0.25) is 0 Å². The van der Waals surface area contributed by atoms with E-state index in [-0.39, 0.29) is 15.8 Å². The first-order valence-corrected chi connectivity index (χ1v) is 3.74. The number of rotatable bonds is 1. The first-order valence-electron chi connectivity index (χ1n) is 2.98. The van der Waals surface area contributed by atoms with E-state index in [2.05, 4.69) is 0 Å². The lowest BCUT2D eigenvalue weighted by atomic mass is 10.2. The molecule has 0 saturated carbocycles. The fourth-order valence-corrected chi connectivity index (χ4v) is 1.17. The summed E-state index contributed by atoms with van der Waals surface area (Å²) in [6, 6.07) is 1.99. The molecule has 0 heterocycles. The molecule has 0 spiro atoms. The van der Waals surface area contributed by atoms with Gasteiger partial charge in [-0.05, 0) is 6.07 Å². The predicted molar refractivity (Wildman–Crippen MR) is 43.1 cm³/mol. The van der Waals surface area contributed by atoms with Crippen LogP contribution in [0.5, 0.6) is 5.75 Å². The van der Waals surface area contributed by atoms with Crippen molar-refractivity contribution in [3.63, 3.8) is 0 Å². The van der Waals surface area contributed by atoms with E-state index in [0.717, 1.165) is 12.1 Å². The monoisotopic (exact) mass is 212 g/mol. The quantitative estimate of drug-likeness (QED) is 0.754. The summed E-state index contributed by atoms with van der Waals surface area (Å²) in [5.41, 5.74) is -0.457. The molecule has 0 amide bonds. The molecule has 0 aliphatic rings. The Bertz CT molecular complexity index is 302. The Labute approximate surface area is 77.5 Å². The topological polar surface area (TPSA) is 20.2 Å². The zero-order valence-electron chi connectivity index (χ0n) is 5.69. The molecule has 0 unspecified atom stereocenters. The molecule has 1 aromatic rings. The van der Waals surface area contributed by atoms with Crippen LogP contribution in [0.4, 0.5) is 8.78 Å². The SMILES string of the molecule is Oc1cc(Cl)c(Cl)c(C(F)F)c1. The van der Waals surface area contributed by atoms with Gasteiger partial charge in [0.25, 0.3) is 6.43 Å². The zero-order valence-corrected chi connectivity index (χ0v) is 7.20. The van der Waals surface area contributed by atoms with Crippen molar-refractivity contribution in [1.29, 1.82) is 0 Å². The third-order valence-corrected chi connectivity index (χ3v) is 2.09. The van der Waals surface area contributed by atoms with Crippen molar-refractivity contribution in [3.8, 4) is 5.75 Å². The summed E-state index contributed by atoms with van der Waals surface area (Å²) in [4.78, 5) is 0. The lowest BCUT2D eigenvalue weighted by Crippen LogP contribution is -1.86. The molecule has 1 aromatic carbocycles. The van der Waals surface area contributed by atoms with Gasteiger partial charge in [0.2, 0.25) is 0 Å². The van der Waals surface area contributed by atoms with Gasteiger partial charge in [-0.2, -0.15) is 0 Å². The minimum Gasteiger partial charge on any atom is -0.508 e. The minimum absolute atomic E-state index is 0.0769. The summed E-state index contributed by atoms with van der Waals surface area (Å²) >= 11 is 10.9. The molecular weight excluding hydrogens is 209 g/mol. The largest absolute Gasteiger partial charge is 0.508 e. The smallest absolute Gasteiger partial charge is 0.265 e. The second kappa shape index (κ2) is 3.46. The van der Waals surface area contributed by atoms with Gasteiger partial charge in [-0.25, -0.2) is 8.78 Å².